The second kappa shape index (κ2) is 5.84. The maximum atomic E-state index is 10.2. The van der Waals surface area contributed by atoms with Crippen molar-refractivity contribution in [2.75, 3.05) is 0 Å². The van der Waals surface area contributed by atoms with E-state index in [1.54, 1.807) is 0 Å². The Balaban J connectivity index is 2.35. The Morgan fingerprint density at radius 3 is 2.88 bits per heavy atom. The first-order valence-electron chi connectivity index (χ1n) is 7.52. The molecule has 17 heavy (non-hydrogen) atoms. The molecule has 1 aromatic carbocycles. The lowest BCUT2D eigenvalue weighted by atomic mass is 10.1. The predicted molar refractivity (Wildman–Crippen MR) is 68.0 cm³/mol. The minimum Gasteiger partial charge on any atom is -0.391 e. The van der Waals surface area contributed by atoms with Gasteiger partial charge in [0.2, 0.25) is 0 Å². The van der Waals surface area contributed by atoms with E-state index in [0.29, 0.717) is 5.02 Å². The van der Waals surface area contributed by atoms with Gasteiger partial charge in [-0.25, -0.2) is 4.98 Å². The lowest BCUT2D eigenvalue weighted by molar-refractivity contribution is 0.144. The number of aryl methyl sites for hydroxylation is 1. The second-order valence-electron chi connectivity index (χ2n) is 3.44. The highest BCUT2D eigenvalue weighted by molar-refractivity contribution is 6.30. The molecule has 3 nitrogen and oxygen atoms in total. The van der Waals surface area contributed by atoms with Gasteiger partial charge in [0.1, 0.15) is 0 Å². The number of nitrogens with zero attached hydrogens (tertiary/aromatic N) is 2. The SMILES string of the molecule is [2H]C(O)(Cn1ccnc1)C([2H])([2H])C([2H])([2H])c1ccc(Cl)cc1. The highest BCUT2D eigenvalue weighted by Crippen LogP contribution is 2.12. The van der Waals surface area contributed by atoms with E-state index >= 15 is 0 Å². The summed E-state index contributed by atoms with van der Waals surface area (Å²) < 4.78 is 41.4. The molecule has 1 aromatic heterocycles. The first-order valence-corrected chi connectivity index (χ1v) is 5.40. The van der Waals surface area contributed by atoms with Crippen LogP contribution in [0.1, 0.15) is 18.8 Å². The Morgan fingerprint density at radius 2 is 2.24 bits per heavy atom. The molecule has 1 N–H and O–H groups in total. The Morgan fingerprint density at radius 1 is 1.47 bits per heavy atom. The maximum absolute atomic E-state index is 10.2. The number of hydrogen-bond donors (Lipinski definition) is 1. The number of rotatable bonds is 5. The fourth-order valence-electron chi connectivity index (χ4n) is 1.27. The molecule has 0 saturated heterocycles. The van der Waals surface area contributed by atoms with E-state index in [-0.39, 0.29) is 5.56 Å². The molecule has 1 atom stereocenters. The van der Waals surface area contributed by atoms with Crippen LogP contribution in [0, 0.1) is 0 Å². The zero-order valence-corrected chi connectivity index (χ0v) is 9.72. The molecule has 0 radical (unpaired) electrons. The summed E-state index contributed by atoms with van der Waals surface area (Å²) in [5.74, 6) is 0. The molecule has 0 bridgehead atoms. The Hall–Kier alpha value is -1.32. The molecule has 90 valence electrons. The van der Waals surface area contributed by atoms with E-state index in [1.807, 2.05) is 0 Å². The number of halogens is 1. The molecule has 0 aliphatic heterocycles. The van der Waals surface area contributed by atoms with Crippen molar-refractivity contribution < 1.29 is 12.0 Å². The fraction of sp³-hybridized carbons (Fsp3) is 0.308. The van der Waals surface area contributed by atoms with Crippen molar-refractivity contribution in [1.82, 2.24) is 9.55 Å². The number of aromatic nitrogens is 2. The van der Waals surface area contributed by atoms with Gasteiger partial charge >= 0.3 is 0 Å². The zero-order valence-electron chi connectivity index (χ0n) is 14.0. The van der Waals surface area contributed by atoms with Crippen molar-refractivity contribution in [2.45, 2.75) is 25.4 Å². The summed E-state index contributed by atoms with van der Waals surface area (Å²) in [7, 11) is 0. The van der Waals surface area contributed by atoms with Gasteiger partial charge in [-0.1, -0.05) is 23.7 Å². The van der Waals surface area contributed by atoms with Gasteiger partial charge in [0.15, 0.2) is 0 Å². The summed E-state index contributed by atoms with van der Waals surface area (Å²) in [5.41, 5.74) is -0.00166. The summed E-state index contributed by atoms with van der Waals surface area (Å²) in [6.45, 7) is -0.451. The number of benzene rings is 1. The molecule has 4 heteroatoms. The summed E-state index contributed by atoms with van der Waals surface area (Å²) in [6, 6.07) is 5.55. The smallest absolute Gasteiger partial charge is 0.0946 e. The maximum Gasteiger partial charge on any atom is 0.0946 e. The van der Waals surface area contributed by atoms with Crippen LogP contribution in [0.5, 0.6) is 0 Å². The molecular weight excluding hydrogens is 236 g/mol. The summed E-state index contributed by atoms with van der Waals surface area (Å²) in [6.07, 6.45) is -3.94. The second-order valence-corrected chi connectivity index (χ2v) is 3.88. The van der Waals surface area contributed by atoms with Gasteiger partial charge in [-0.3, -0.25) is 0 Å². The van der Waals surface area contributed by atoms with Crippen molar-refractivity contribution in [3.8, 4) is 0 Å². The molecule has 0 saturated carbocycles. The van der Waals surface area contributed by atoms with Crippen molar-refractivity contribution in [3.63, 3.8) is 0 Å². The molecule has 2 aromatic rings. The third-order valence-electron chi connectivity index (χ3n) is 2.09. The number of hydrogen-bond acceptors (Lipinski definition) is 2. The zero-order chi connectivity index (χ0) is 16.6. The lowest BCUT2D eigenvalue weighted by Gasteiger charge is -2.11. The average molecular weight is 256 g/mol. The van der Waals surface area contributed by atoms with Gasteiger partial charge in [-0.15, -0.1) is 0 Å². The van der Waals surface area contributed by atoms with Crippen molar-refractivity contribution in [1.29, 1.82) is 0 Å². The lowest BCUT2D eigenvalue weighted by Crippen LogP contribution is -2.15. The van der Waals surface area contributed by atoms with Crippen LogP contribution in [-0.2, 0) is 12.9 Å². The van der Waals surface area contributed by atoms with Crippen LogP contribution in [0.25, 0.3) is 0 Å². The highest BCUT2D eigenvalue weighted by Gasteiger charge is 2.05. The van der Waals surface area contributed by atoms with Crippen LogP contribution in [0.4, 0.5) is 0 Å². The molecule has 0 spiro atoms. The van der Waals surface area contributed by atoms with E-state index in [0.717, 1.165) is 0 Å². The molecule has 0 amide bonds. The first kappa shape index (κ1) is 7.19. The van der Waals surface area contributed by atoms with Crippen LogP contribution in [-0.4, -0.2) is 20.7 Å². The summed E-state index contributed by atoms with van der Waals surface area (Å²) in [4.78, 5) is 3.76. The molecule has 0 aliphatic carbocycles. The van der Waals surface area contributed by atoms with Gasteiger partial charge in [0.05, 0.1) is 13.8 Å². The molecule has 0 aliphatic rings. The van der Waals surface area contributed by atoms with E-state index in [1.165, 1.54) is 47.6 Å². The van der Waals surface area contributed by atoms with Gasteiger partial charge in [-0.2, -0.15) is 0 Å². The standard InChI is InChI=1S/C13H15ClN2O/c14-12-4-1-11(2-5-12)3-6-13(17)9-16-8-7-15-10-16/h1-2,4-5,7-8,10,13,17H,3,6,9H2/i3D2,6D2,13D. The summed E-state index contributed by atoms with van der Waals surface area (Å²) in [5, 5.41) is 10.6. The Kier molecular flexibility index (Phi) is 2.47. The molecule has 1 heterocycles. The normalized spacial score (nSPS) is 20.5. The largest absolute Gasteiger partial charge is 0.391 e. The number of imidazole rings is 1. The highest BCUT2D eigenvalue weighted by atomic mass is 35.5. The minimum absolute atomic E-state index is 0.00166. The van der Waals surface area contributed by atoms with Crippen LogP contribution in [0.2, 0.25) is 5.02 Å². The van der Waals surface area contributed by atoms with Crippen LogP contribution in [0.3, 0.4) is 0 Å². The third kappa shape index (κ3) is 3.88. The average Bonchev–Trinajstić information content (AvgIpc) is 2.91. The van der Waals surface area contributed by atoms with Gasteiger partial charge < -0.3 is 9.67 Å². The van der Waals surface area contributed by atoms with Gasteiger partial charge in [0, 0.05) is 29.4 Å². The first-order chi connectivity index (χ1) is 10.1. The molecular formula is C13H15ClN2O. The molecule has 2 rings (SSSR count). The summed E-state index contributed by atoms with van der Waals surface area (Å²) >= 11 is 5.75. The monoisotopic (exact) mass is 255 g/mol. The van der Waals surface area contributed by atoms with Crippen molar-refractivity contribution >= 4 is 11.6 Å². The predicted octanol–water partition coefficient (Wildman–Crippen LogP) is 2.53. The van der Waals surface area contributed by atoms with Crippen LogP contribution < -0.4 is 0 Å². The van der Waals surface area contributed by atoms with E-state index in [4.69, 9.17) is 18.5 Å². The Labute approximate surface area is 113 Å². The van der Waals surface area contributed by atoms with Crippen molar-refractivity contribution in [2.24, 2.45) is 0 Å². The topological polar surface area (TPSA) is 38.0 Å². The van der Waals surface area contributed by atoms with Crippen LogP contribution in [0.15, 0.2) is 43.0 Å². The third-order valence-corrected chi connectivity index (χ3v) is 2.34. The van der Waals surface area contributed by atoms with E-state index < -0.39 is 25.4 Å². The van der Waals surface area contributed by atoms with E-state index in [2.05, 4.69) is 4.98 Å². The minimum atomic E-state index is -2.88. The van der Waals surface area contributed by atoms with Crippen LogP contribution >= 0.6 is 11.6 Å². The molecule has 0 fully saturated rings. The van der Waals surface area contributed by atoms with Gasteiger partial charge in [0.25, 0.3) is 0 Å². The quantitative estimate of drug-likeness (QED) is 0.892. The Bertz CT molecular complexity index is 628. The number of aliphatic hydroxyl groups is 1. The van der Waals surface area contributed by atoms with Gasteiger partial charge in [-0.05, 0) is 30.4 Å². The van der Waals surface area contributed by atoms with Crippen molar-refractivity contribution in [3.05, 3.63) is 53.6 Å². The molecule has 1 unspecified atom stereocenters. The fourth-order valence-corrected chi connectivity index (χ4v) is 1.40. The van der Waals surface area contributed by atoms with E-state index in [9.17, 15) is 5.11 Å².